The van der Waals surface area contributed by atoms with Gasteiger partial charge in [-0.1, -0.05) is 30.3 Å². The molecule has 1 N–H and O–H groups in total. The minimum absolute atomic E-state index is 0.215. The zero-order valence-electron chi connectivity index (χ0n) is 13.0. The van der Waals surface area contributed by atoms with E-state index in [1.807, 2.05) is 0 Å². The second-order valence-electron chi connectivity index (χ2n) is 6.57. The summed E-state index contributed by atoms with van der Waals surface area (Å²) in [7, 11) is 0. The molecule has 1 fully saturated rings. The SMILES string of the molecule is CC(C)(CCc1ccccc1)NCCCC1CCCO1. The second kappa shape index (κ2) is 7.80. The van der Waals surface area contributed by atoms with Gasteiger partial charge < -0.3 is 10.1 Å². The number of ether oxygens (including phenoxy) is 1. The van der Waals surface area contributed by atoms with Crippen molar-refractivity contribution < 1.29 is 4.74 Å². The fourth-order valence-electron chi connectivity index (χ4n) is 2.82. The van der Waals surface area contributed by atoms with E-state index < -0.39 is 0 Å². The van der Waals surface area contributed by atoms with Crippen LogP contribution < -0.4 is 5.32 Å². The normalized spacial score (nSPS) is 19.4. The van der Waals surface area contributed by atoms with Crippen molar-refractivity contribution >= 4 is 0 Å². The summed E-state index contributed by atoms with van der Waals surface area (Å²) in [5, 5.41) is 3.70. The molecule has 0 amide bonds. The topological polar surface area (TPSA) is 21.3 Å². The molecule has 2 nitrogen and oxygen atoms in total. The summed E-state index contributed by atoms with van der Waals surface area (Å²) in [4.78, 5) is 0. The van der Waals surface area contributed by atoms with Crippen LogP contribution in [0.2, 0.25) is 0 Å². The largest absolute Gasteiger partial charge is 0.378 e. The lowest BCUT2D eigenvalue weighted by Crippen LogP contribution is -2.40. The van der Waals surface area contributed by atoms with Crippen LogP contribution in [0.4, 0.5) is 0 Å². The van der Waals surface area contributed by atoms with E-state index in [0.29, 0.717) is 6.10 Å². The lowest BCUT2D eigenvalue weighted by atomic mass is 9.95. The maximum atomic E-state index is 5.66. The highest BCUT2D eigenvalue weighted by molar-refractivity contribution is 5.15. The lowest BCUT2D eigenvalue weighted by molar-refractivity contribution is 0.102. The van der Waals surface area contributed by atoms with Crippen molar-refractivity contribution in [2.75, 3.05) is 13.2 Å². The third-order valence-electron chi connectivity index (χ3n) is 4.21. The molecule has 0 aliphatic carbocycles. The van der Waals surface area contributed by atoms with Crippen molar-refractivity contribution in [2.45, 2.75) is 64.0 Å². The molecule has 1 heterocycles. The molecule has 1 unspecified atom stereocenters. The van der Waals surface area contributed by atoms with Gasteiger partial charge in [0.25, 0.3) is 0 Å². The third kappa shape index (κ3) is 5.64. The minimum atomic E-state index is 0.215. The fourth-order valence-corrected chi connectivity index (χ4v) is 2.82. The molecule has 112 valence electrons. The molecule has 1 aromatic carbocycles. The number of benzene rings is 1. The van der Waals surface area contributed by atoms with E-state index in [4.69, 9.17) is 4.74 Å². The molecular formula is C18H29NO. The molecule has 1 aliphatic rings. The molecule has 0 aromatic heterocycles. The zero-order valence-corrected chi connectivity index (χ0v) is 13.0. The highest BCUT2D eigenvalue weighted by Gasteiger charge is 2.18. The van der Waals surface area contributed by atoms with Gasteiger partial charge in [-0.05, 0) is 64.5 Å². The first-order chi connectivity index (χ1) is 9.66. The average Bonchev–Trinajstić information content (AvgIpc) is 2.96. The summed E-state index contributed by atoms with van der Waals surface area (Å²) in [6.45, 7) is 6.69. The summed E-state index contributed by atoms with van der Waals surface area (Å²) in [6.07, 6.45) is 7.80. The second-order valence-corrected chi connectivity index (χ2v) is 6.57. The Morgan fingerprint density at radius 1 is 1.25 bits per heavy atom. The summed E-state index contributed by atoms with van der Waals surface area (Å²) in [5.74, 6) is 0. The van der Waals surface area contributed by atoms with Gasteiger partial charge in [0.05, 0.1) is 6.10 Å². The maximum absolute atomic E-state index is 5.66. The Kier molecular flexibility index (Phi) is 6.06. The first kappa shape index (κ1) is 15.5. The summed E-state index contributed by atoms with van der Waals surface area (Å²) in [6, 6.07) is 10.8. The van der Waals surface area contributed by atoms with Gasteiger partial charge in [-0.25, -0.2) is 0 Å². The molecule has 1 aromatic rings. The van der Waals surface area contributed by atoms with Crippen LogP contribution in [0.15, 0.2) is 30.3 Å². The van der Waals surface area contributed by atoms with Crippen molar-refractivity contribution in [1.82, 2.24) is 5.32 Å². The van der Waals surface area contributed by atoms with Gasteiger partial charge >= 0.3 is 0 Å². The van der Waals surface area contributed by atoms with Crippen LogP contribution in [0, 0.1) is 0 Å². The van der Waals surface area contributed by atoms with E-state index in [1.165, 1.54) is 37.7 Å². The van der Waals surface area contributed by atoms with Crippen molar-refractivity contribution in [3.8, 4) is 0 Å². The lowest BCUT2D eigenvalue weighted by Gasteiger charge is -2.27. The zero-order chi connectivity index (χ0) is 14.3. The number of aryl methyl sites for hydroxylation is 1. The quantitative estimate of drug-likeness (QED) is 0.725. The Bertz CT molecular complexity index is 368. The summed E-state index contributed by atoms with van der Waals surface area (Å²) in [5.41, 5.74) is 1.65. The number of hydrogen-bond acceptors (Lipinski definition) is 2. The highest BCUT2D eigenvalue weighted by atomic mass is 16.5. The maximum Gasteiger partial charge on any atom is 0.0576 e. The molecule has 1 saturated heterocycles. The number of rotatable bonds is 8. The van der Waals surface area contributed by atoms with E-state index in [0.717, 1.165) is 19.6 Å². The van der Waals surface area contributed by atoms with Gasteiger partial charge in [0.2, 0.25) is 0 Å². The van der Waals surface area contributed by atoms with Crippen LogP contribution in [-0.2, 0) is 11.2 Å². The van der Waals surface area contributed by atoms with Crippen LogP contribution in [0.1, 0.15) is 51.5 Å². The van der Waals surface area contributed by atoms with E-state index in [1.54, 1.807) is 0 Å². The Hall–Kier alpha value is -0.860. The van der Waals surface area contributed by atoms with Gasteiger partial charge in [-0.15, -0.1) is 0 Å². The molecule has 0 radical (unpaired) electrons. The van der Waals surface area contributed by atoms with Gasteiger partial charge in [0.1, 0.15) is 0 Å². The van der Waals surface area contributed by atoms with Crippen LogP contribution in [-0.4, -0.2) is 24.8 Å². The Labute approximate surface area is 123 Å². The van der Waals surface area contributed by atoms with Crippen molar-refractivity contribution in [1.29, 1.82) is 0 Å². The smallest absolute Gasteiger partial charge is 0.0576 e. The highest BCUT2D eigenvalue weighted by Crippen LogP contribution is 2.17. The van der Waals surface area contributed by atoms with E-state index in [2.05, 4.69) is 49.5 Å². The van der Waals surface area contributed by atoms with E-state index in [-0.39, 0.29) is 5.54 Å². The summed E-state index contributed by atoms with van der Waals surface area (Å²) >= 11 is 0. The first-order valence-electron chi connectivity index (χ1n) is 8.06. The van der Waals surface area contributed by atoms with Gasteiger partial charge in [-0.3, -0.25) is 0 Å². The van der Waals surface area contributed by atoms with Crippen molar-refractivity contribution in [2.24, 2.45) is 0 Å². The third-order valence-corrected chi connectivity index (χ3v) is 4.21. The number of hydrogen-bond donors (Lipinski definition) is 1. The molecular weight excluding hydrogens is 246 g/mol. The molecule has 20 heavy (non-hydrogen) atoms. The number of nitrogens with one attached hydrogen (secondary N) is 1. The van der Waals surface area contributed by atoms with Crippen LogP contribution in [0.3, 0.4) is 0 Å². The van der Waals surface area contributed by atoms with Crippen LogP contribution >= 0.6 is 0 Å². The molecule has 2 rings (SSSR count). The first-order valence-corrected chi connectivity index (χ1v) is 8.06. The van der Waals surface area contributed by atoms with Gasteiger partial charge in [-0.2, -0.15) is 0 Å². The van der Waals surface area contributed by atoms with Crippen molar-refractivity contribution in [3.05, 3.63) is 35.9 Å². The predicted octanol–water partition coefficient (Wildman–Crippen LogP) is 3.95. The molecule has 1 aliphatic heterocycles. The fraction of sp³-hybridized carbons (Fsp3) is 0.667. The Balaban J connectivity index is 1.60. The van der Waals surface area contributed by atoms with Crippen molar-refractivity contribution in [3.63, 3.8) is 0 Å². The average molecular weight is 275 g/mol. The Morgan fingerprint density at radius 3 is 2.75 bits per heavy atom. The van der Waals surface area contributed by atoms with E-state index >= 15 is 0 Å². The monoisotopic (exact) mass is 275 g/mol. The molecule has 2 heteroatoms. The predicted molar refractivity (Wildman–Crippen MR) is 85.1 cm³/mol. The van der Waals surface area contributed by atoms with E-state index in [9.17, 15) is 0 Å². The standard InChI is InChI=1S/C18H29NO/c1-18(2,13-12-16-8-4-3-5-9-16)19-14-6-10-17-11-7-15-20-17/h3-5,8-9,17,19H,6-7,10-15H2,1-2H3. The van der Waals surface area contributed by atoms with Gasteiger partial charge in [0, 0.05) is 12.1 Å². The molecule has 0 saturated carbocycles. The minimum Gasteiger partial charge on any atom is -0.378 e. The Morgan fingerprint density at radius 2 is 2.05 bits per heavy atom. The molecule has 1 atom stereocenters. The van der Waals surface area contributed by atoms with Gasteiger partial charge in [0.15, 0.2) is 0 Å². The van der Waals surface area contributed by atoms with Crippen LogP contribution in [0.5, 0.6) is 0 Å². The molecule has 0 bridgehead atoms. The molecule has 0 spiro atoms. The van der Waals surface area contributed by atoms with Crippen LogP contribution in [0.25, 0.3) is 0 Å². The summed E-state index contributed by atoms with van der Waals surface area (Å²) < 4.78 is 5.66.